The summed E-state index contributed by atoms with van der Waals surface area (Å²) in [5, 5.41) is 3.32. The minimum Gasteiger partial charge on any atom is -0.339 e. The normalized spacial score (nSPS) is 13.6. The fourth-order valence-corrected chi connectivity index (χ4v) is 2.82. The minimum absolute atomic E-state index is 0.175. The van der Waals surface area contributed by atoms with Crippen molar-refractivity contribution < 1.29 is 4.79 Å². The molecule has 2 rings (SSSR count). The van der Waals surface area contributed by atoms with Crippen LogP contribution in [0.1, 0.15) is 55.1 Å². The Labute approximate surface area is 122 Å². The molecule has 0 unspecified atom stereocenters. The molecule has 1 aliphatic rings. The number of carbonyl (C=O) groups is 1. The molecule has 1 aliphatic heterocycles. The van der Waals surface area contributed by atoms with Gasteiger partial charge in [0.2, 0.25) is 0 Å². The van der Waals surface area contributed by atoms with Gasteiger partial charge in [-0.1, -0.05) is 32.8 Å². The van der Waals surface area contributed by atoms with E-state index in [9.17, 15) is 4.79 Å². The van der Waals surface area contributed by atoms with Gasteiger partial charge in [-0.15, -0.1) is 0 Å². The number of rotatable bonds is 6. The fourth-order valence-electron chi connectivity index (χ4n) is 2.82. The molecule has 0 radical (unpaired) electrons. The number of hydrogen-bond donors (Lipinski definition) is 1. The van der Waals surface area contributed by atoms with Crippen LogP contribution in [0, 0.1) is 5.92 Å². The van der Waals surface area contributed by atoms with Crippen LogP contribution in [-0.2, 0) is 13.1 Å². The third-order valence-electron chi connectivity index (χ3n) is 4.39. The highest BCUT2D eigenvalue weighted by atomic mass is 16.2. The van der Waals surface area contributed by atoms with Crippen molar-refractivity contribution in [2.45, 2.75) is 46.7 Å². The zero-order valence-electron chi connectivity index (χ0n) is 12.9. The molecule has 0 aliphatic carbocycles. The second-order valence-electron chi connectivity index (χ2n) is 5.61. The van der Waals surface area contributed by atoms with Crippen LogP contribution in [0.5, 0.6) is 0 Å². The van der Waals surface area contributed by atoms with Crippen molar-refractivity contribution in [3.05, 3.63) is 34.9 Å². The van der Waals surface area contributed by atoms with E-state index >= 15 is 0 Å². The van der Waals surface area contributed by atoms with E-state index in [1.807, 2.05) is 11.0 Å². The molecule has 3 nitrogen and oxygen atoms in total. The van der Waals surface area contributed by atoms with E-state index in [0.717, 1.165) is 44.6 Å². The first-order valence-corrected chi connectivity index (χ1v) is 7.81. The van der Waals surface area contributed by atoms with Gasteiger partial charge in [0, 0.05) is 31.7 Å². The summed E-state index contributed by atoms with van der Waals surface area (Å²) in [5.41, 5.74) is 3.43. The zero-order valence-corrected chi connectivity index (χ0v) is 12.9. The van der Waals surface area contributed by atoms with E-state index < -0.39 is 0 Å². The average Bonchev–Trinajstić information content (AvgIpc) is 2.95. The van der Waals surface area contributed by atoms with Crippen LogP contribution in [0.25, 0.3) is 0 Å². The third kappa shape index (κ3) is 3.21. The highest BCUT2D eigenvalue weighted by molar-refractivity contribution is 5.94. The number of carbonyl (C=O) groups excluding carboxylic acids is 1. The number of benzene rings is 1. The SMILES string of the molecule is CCC(CC)CN(CC)C(=O)c1ccc2c(c1)CNC2. The molecular formula is C17H26N2O. The van der Waals surface area contributed by atoms with Crippen molar-refractivity contribution in [1.29, 1.82) is 0 Å². The molecule has 0 atom stereocenters. The van der Waals surface area contributed by atoms with Gasteiger partial charge in [-0.3, -0.25) is 4.79 Å². The van der Waals surface area contributed by atoms with E-state index in [1.54, 1.807) is 0 Å². The highest BCUT2D eigenvalue weighted by Crippen LogP contribution is 2.19. The van der Waals surface area contributed by atoms with Gasteiger partial charge in [0.1, 0.15) is 0 Å². The Hall–Kier alpha value is -1.35. The van der Waals surface area contributed by atoms with Crippen LogP contribution in [0.4, 0.5) is 0 Å². The lowest BCUT2D eigenvalue weighted by molar-refractivity contribution is 0.0735. The highest BCUT2D eigenvalue weighted by Gasteiger charge is 2.19. The number of hydrogen-bond acceptors (Lipinski definition) is 2. The smallest absolute Gasteiger partial charge is 0.253 e. The van der Waals surface area contributed by atoms with Crippen LogP contribution in [0.2, 0.25) is 0 Å². The molecule has 0 spiro atoms. The molecule has 0 fully saturated rings. The molecule has 110 valence electrons. The Morgan fingerprint density at radius 1 is 1.20 bits per heavy atom. The molecule has 1 amide bonds. The fraction of sp³-hybridized carbons (Fsp3) is 0.588. The summed E-state index contributed by atoms with van der Waals surface area (Å²) in [6, 6.07) is 6.13. The second-order valence-corrected chi connectivity index (χ2v) is 5.61. The Balaban J connectivity index is 2.12. The average molecular weight is 274 g/mol. The molecule has 0 saturated carbocycles. The molecule has 20 heavy (non-hydrogen) atoms. The van der Waals surface area contributed by atoms with Crippen molar-refractivity contribution in [3.8, 4) is 0 Å². The van der Waals surface area contributed by atoms with Crippen molar-refractivity contribution >= 4 is 5.91 Å². The van der Waals surface area contributed by atoms with E-state index in [-0.39, 0.29) is 5.91 Å². The van der Waals surface area contributed by atoms with Crippen molar-refractivity contribution in [3.63, 3.8) is 0 Å². The zero-order chi connectivity index (χ0) is 14.5. The van der Waals surface area contributed by atoms with Crippen LogP contribution in [0.15, 0.2) is 18.2 Å². The summed E-state index contributed by atoms with van der Waals surface area (Å²) in [6.07, 6.45) is 2.27. The maximum atomic E-state index is 12.6. The summed E-state index contributed by atoms with van der Waals surface area (Å²) in [6.45, 7) is 9.93. The van der Waals surface area contributed by atoms with Crippen molar-refractivity contribution in [2.24, 2.45) is 5.92 Å². The third-order valence-corrected chi connectivity index (χ3v) is 4.39. The van der Waals surface area contributed by atoms with Gasteiger partial charge in [-0.05, 0) is 36.1 Å². The van der Waals surface area contributed by atoms with Crippen molar-refractivity contribution in [1.82, 2.24) is 10.2 Å². The molecule has 1 heterocycles. The Bertz CT molecular complexity index is 466. The lowest BCUT2D eigenvalue weighted by Crippen LogP contribution is -2.35. The van der Waals surface area contributed by atoms with Gasteiger partial charge in [-0.2, -0.15) is 0 Å². The van der Waals surface area contributed by atoms with Crippen molar-refractivity contribution in [2.75, 3.05) is 13.1 Å². The van der Waals surface area contributed by atoms with Gasteiger partial charge in [-0.25, -0.2) is 0 Å². The molecule has 0 bridgehead atoms. The molecule has 1 N–H and O–H groups in total. The monoisotopic (exact) mass is 274 g/mol. The molecule has 1 aromatic rings. The topological polar surface area (TPSA) is 32.3 Å². The van der Waals surface area contributed by atoms with Gasteiger partial charge in [0.25, 0.3) is 5.91 Å². The molecule has 3 heteroatoms. The maximum Gasteiger partial charge on any atom is 0.253 e. The summed E-state index contributed by atoms with van der Waals surface area (Å²) in [5.74, 6) is 0.782. The second kappa shape index (κ2) is 6.89. The van der Waals surface area contributed by atoms with E-state index in [0.29, 0.717) is 5.92 Å². The predicted molar refractivity (Wildman–Crippen MR) is 82.6 cm³/mol. The largest absolute Gasteiger partial charge is 0.339 e. The lowest BCUT2D eigenvalue weighted by atomic mass is 10.0. The Kier molecular flexibility index (Phi) is 5.18. The van der Waals surface area contributed by atoms with E-state index in [2.05, 4.69) is 38.2 Å². The standard InChI is InChI=1S/C17H26N2O/c1-4-13(5-2)12-19(6-3)17(20)14-7-8-15-10-18-11-16(15)9-14/h7-9,13,18H,4-6,10-12H2,1-3H3. The summed E-state index contributed by atoms with van der Waals surface area (Å²) < 4.78 is 0. The Morgan fingerprint density at radius 2 is 1.90 bits per heavy atom. The van der Waals surface area contributed by atoms with Gasteiger partial charge < -0.3 is 10.2 Å². The van der Waals surface area contributed by atoms with Gasteiger partial charge >= 0.3 is 0 Å². The van der Waals surface area contributed by atoms with Crippen LogP contribution in [0.3, 0.4) is 0 Å². The van der Waals surface area contributed by atoms with Crippen LogP contribution in [-0.4, -0.2) is 23.9 Å². The number of amides is 1. The molecular weight excluding hydrogens is 248 g/mol. The van der Waals surface area contributed by atoms with Gasteiger partial charge in [0.05, 0.1) is 0 Å². The summed E-state index contributed by atoms with van der Waals surface area (Å²) in [4.78, 5) is 14.6. The predicted octanol–water partition coefficient (Wildman–Crippen LogP) is 3.19. The lowest BCUT2D eigenvalue weighted by Gasteiger charge is -2.25. The first-order chi connectivity index (χ1) is 9.69. The minimum atomic E-state index is 0.175. The Morgan fingerprint density at radius 3 is 2.55 bits per heavy atom. The number of fused-ring (bicyclic) bond motifs is 1. The molecule has 0 saturated heterocycles. The van der Waals surface area contributed by atoms with Crippen LogP contribution < -0.4 is 5.32 Å². The summed E-state index contributed by atoms with van der Waals surface area (Å²) in [7, 11) is 0. The quantitative estimate of drug-likeness (QED) is 0.864. The van der Waals surface area contributed by atoms with E-state index in [1.165, 1.54) is 11.1 Å². The summed E-state index contributed by atoms with van der Waals surface area (Å²) >= 11 is 0. The number of nitrogens with zero attached hydrogens (tertiary/aromatic N) is 1. The first-order valence-electron chi connectivity index (χ1n) is 7.81. The number of nitrogens with one attached hydrogen (secondary N) is 1. The molecule has 0 aromatic heterocycles. The van der Waals surface area contributed by atoms with E-state index in [4.69, 9.17) is 0 Å². The van der Waals surface area contributed by atoms with Gasteiger partial charge in [0.15, 0.2) is 0 Å². The van der Waals surface area contributed by atoms with Crippen LogP contribution >= 0.6 is 0 Å². The maximum absolute atomic E-state index is 12.6. The molecule has 1 aromatic carbocycles. The first kappa shape index (κ1) is 15.0.